The van der Waals surface area contributed by atoms with Crippen LogP contribution in [0.25, 0.3) is 11.0 Å². The fourth-order valence-electron chi connectivity index (χ4n) is 2.22. The molecule has 0 saturated heterocycles. The Balaban J connectivity index is 2.34. The summed E-state index contributed by atoms with van der Waals surface area (Å²) in [6, 6.07) is 8.64. The smallest absolute Gasteiger partial charge is 0.134 e. The van der Waals surface area contributed by atoms with Crippen LogP contribution in [0.3, 0.4) is 0 Å². The highest BCUT2D eigenvalue weighted by Gasteiger charge is 2.15. The molecule has 2 rings (SSSR count). The van der Waals surface area contributed by atoms with Crippen molar-refractivity contribution in [3.8, 4) is 0 Å². The molecule has 2 nitrogen and oxygen atoms in total. The summed E-state index contributed by atoms with van der Waals surface area (Å²) in [7, 11) is 0. The highest BCUT2D eigenvalue weighted by atomic mass is 16.3. The maximum absolute atomic E-state index is 5.94. The van der Waals surface area contributed by atoms with Crippen LogP contribution in [0.5, 0.6) is 0 Å². The van der Waals surface area contributed by atoms with Crippen molar-refractivity contribution in [3.05, 3.63) is 47.7 Å². The van der Waals surface area contributed by atoms with Gasteiger partial charge in [0.25, 0.3) is 0 Å². The molecule has 96 valence electrons. The van der Waals surface area contributed by atoms with Crippen LogP contribution in [0, 0.1) is 6.92 Å². The third-order valence-corrected chi connectivity index (χ3v) is 3.04. The summed E-state index contributed by atoms with van der Waals surface area (Å²) in [4.78, 5) is 0. The summed E-state index contributed by atoms with van der Waals surface area (Å²) >= 11 is 0. The first-order valence-corrected chi connectivity index (χ1v) is 6.48. The maximum Gasteiger partial charge on any atom is 0.134 e. The normalized spacial score (nSPS) is 12.8. The van der Waals surface area contributed by atoms with Crippen molar-refractivity contribution in [3.63, 3.8) is 0 Å². The number of hydrogen-bond donors (Lipinski definition) is 1. The highest BCUT2D eigenvalue weighted by molar-refractivity contribution is 5.78. The molecule has 2 heteroatoms. The third kappa shape index (κ3) is 2.82. The molecule has 1 aromatic carbocycles. The SMILES string of the molecule is C=C(C)CC(NCC)c1cc2cc(C)ccc2o1. The van der Waals surface area contributed by atoms with Gasteiger partial charge in [-0.25, -0.2) is 0 Å². The Morgan fingerprint density at radius 2 is 2.17 bits per heavy atom. The van der Waals surface area contributed by atoms with E-state index in [2.05, 4.69) is 50.9 Å². The molecule has 0 spiro atoms. The molecule has 1 heterocycles. The Morgan fingerprint density at radius 3 is 2.83 bits per heavy atom. The molecule has 1 atom stereocenters. The molecule has 0 aliphatic rings. The number of rotatable bonds is 5. The summed E-state index contributed by atoms with van der Waals surface area (Å²) in [5, 5.41) is 4.63. The van der Waals surface area contributed by atoms with E-state index in [-0.39, 0.29) is 6.04 Å². The summed E-state index contributed by atoms with van der Waals surface area (Å²) in [5.41, 5.74) is 3.38. The minimum absolute atomic E-state index is 0.222. The van der Waals surface area contributed by atoms with E-state index in [1.807, 2.05) is 6.07 Å². The van der Waals surface area contributed by atoms with Gasteiger partial charge < -0.3 is 9.73 Å². The van der Waals surface area contributed by atoms with Crippen molar-refractivity contribution in [2.45, 2.75) is 33.2 Å². The molecule has 2 aromatic rings. The van der Waals surface area contributed by atoms with Crippen molar-refractivity contribution < 1.29 is 4.42 Å². The van der Waals surface area contributed by atoms with Gasteiger partial charge >= 0.3 is 0 Å². The monoisotopic (exact) mass is 243 g/mol. The molecule has 18 heavy (non-hydrogen) atoms. The minimum atomic E-state index is 0.222. The van der Waals surface area contributed by atoms with Gasteiger partial charge in [0.1, 0.15) is 11.3 Å². The number of fused-ring (bicyclic) bond motifs is 1. The van der Waals surface area contributed by atoms with E-state index >= 15 is 0 Å². The Bertz CT molecular complexity index is 553. The zero-order chi connectivity index (χ0) is 13.1. The molecule has 0 bridgehead atoms. The lowest BCUT2D eigenvalue weighted by Crippen LogP contribution is -2.20. The van der Waals surface area contributed by atoms with Gasteiger partial charge in [-0.05, 0) is 45.0 Å². The molecule has 0 aliphatic carbocycles. The predicted molar refractivity (Wildman–Crippen MR) is 76.8 cm³/mol. The summed E-state index contributed by atoms with van der Waals surface area (Å²) in [5.74, 6) is 1.00. The van der Waals surface area contributed by atoms with Gasteiger partial charge in [0, 0.05) is 5.39 Å². The minimum Gasteiger partial charge on any atom is -0.459 e. The largest absolute Gasteiger partial charge is 0.459 e. The summed E-state index contributed by atoms with van der Waals surface area (Å²) in [6.45, 7) is 11.2. The summed E-state index contributed by atoms with van der Waals surface area (Å²) < 4.78 is 5.94. The van der Waals surface area contributed by atoms with Crippen molar-refractivity contribution in [2.75, 3.05) is 6.54 Å². The lowest BCUT2D eigenvalue weighted by molar-refractivity contribution is 0.434. The van der Waals surface area contributed by atoms with E-state index in [0.717, 1.165) is 29.9 Å². The number of benzene rings is 1. The van der Waals surface area contributed by atoms with E-state index in [0.29, 0.717) is 0 Å². The second-order valence-corrected chi connectivity index (χ2v) is 4.96. The van der Waals surface area contributed by atoms with E-state index in [9.17, 15) is 0 Å². The van der Waals surface area contributed by atoms with Gasteiger partial charge in [-0.1, -0.05) is 24.1 Å². The lowest BCUT2D eigenvalue weighted by atomic mass is 10.1. The Hall–Kier alpha value is -1.54. The number of aryl methyl sites for hydroxylation is 1. The van der Waals surface area contributed by atoms with Crippen molar-refractivity contribution >= 4 is 11.0 Å². The molecule has 0 radical (unpaired) electrons. The quantitative estimate of drug-likeness (QED) is 0.789. The average molecular weight is 243 g/mol. The van der Waals surface area contributed by atoms with Gasteiger partial charge in [0.2, 0.25) is 0 Å². The average Bonchev–Trinajstić information content (AvgIpc) is 2.70. The second-order valence-electron chi connectivity index (χ2n) is 4.96. The zero-order valence-electron chi connectivity index (χ0n) is 11.4. The summed E-state index contributed by atoms with van der Waals surface area (Å²) in [6.07, 6.45) is 0.909. The van der Waals surface area contributed by atoms with Crippen LogP contribution in [0.4, 0.5) is 0 Å². The molecule has 1 N–H and O–H groups in total. The third-order valence-electron chi connectivity index (χ3n) is 3.04. The van der Waals surface area contributed by atoms with Crippen LogP contribution in [0.15, 0.2) is 40.8 Å². The Morgan fingerprint density at radius 1 is 1.39 bits per heavy atom. The Labute approximate surface area is 109 Å². The van der Waals surface area contributed by atoms with Crippen LogP contribution >= 0.6 is 0 Å². The topological polar surface area (TPSA) is 25.2 Å². The number of furan rings is 1. The maximum atomic E-state index is 5.94. The van der Waals surface area contributed by atoms with E-state index < -0.39 is 0 Å². The lowest BCUT2D eigenvalue weighted by Gasteiger charge is -2.15. The van der Waals surface area contributed by atoms with Crippen LogP contribution in [0.1, 0.15) is 37.6 Å². The fraction of sp³-hybridized carbons (Fsp3) is 0.375. The molecule has 0 saturated carbocycles. The highest BCUT2D eigenvalue weighted by Crippen LogP contribution is 2.27. The first-order valence-electron chi connectivity index (χ1n) is 6.48. The molecule has 0 amide bonds. The van der Waals surface area contributed by atoms with Crippen LogP contribution in [0.2, 0.25) is 0 Å². The van der Waals surface area contributed by atoms with Gasteiger partial charge in [-0.15, -0.1) is 6.58 Å². The number of hydrogen-bond acceptors (Lipinski definition) is 2. The van der Waals surface area contributed by atoms with Gasteiger partial charge in [0.05, 0.1) is 6.04 Å². The van der Waals surface area contributed by atoms with Gasteiger partial charge in [-0.2, -0.15) is 0 Å². The van der Waals surface area contributed by atoms with Crippen LogP contribution in [-0.4, -0.2) is 6.54 Å². The molecule has 0 aliphatic heterocycles. The first-order chi connectivity index (χ1) is 8.60. The van der Waals surface area contributed by atoms with Crippen molar-refractivity contribution in [1.29, 1.82) is 0 Å². The van der Waals surface area contributed by atoms with Crippen molar-refractivity contribution in [2.24, 2.45) is 0 Å². The van der Waals surface area contributed by atoms with Crippen molar-refractivity contribution in [1.82, 2.24) is 5.32 Å². The standard InChI is InChI=1S/C16H21NO/c1-5-17-14(8-11(2)3)16-10-13-9-12(4)6-7-15(13)18-16/h6-7,9-10,14,17H,2,5,8H2,1,3-4H3. The second kappa shape index (κ2) is 5.40. The van der Waals surface area contributed by atoms with Crippen LogP contribution in [-0.2, 0) is 0 Å². The Kier molecular flexibility index (Phi) is 3.87. The first kappa shape index (κ1) is 12.9. The van der Waals surface area contributed by atoms with Crippen LogP contribution < -0.4 is 5.32 Å². The molecule has 0 fully saturated rings. The number of nitrogens with one attached hydrogen (secondary N) is 1. The molecule has 1 unspecified atom stereocenters. The van der Waals surface area contributed by atoms with E-state index in [1.54, 1.807) is 0 Å². The van der Waals surface area contributed by atoms with E-state index in [1.165, 1.54) is 10.9 Å². The fourth-order valence-corrected chi connectivity index (χ4v) is 2.22. The molecule has 1 aromatic heterocycles. The molecular formula is C16H21NO. The molecular weight excluding hydrogens is 222 g/mol. The van der Waals surface area contributed by atoms with E-state index in [4.69, 9.17) is 4.42 Å². The zero-order valence-corrected chi connectivity index (χ0v) is 11.4. The predicted octanol–water partition coefficient (Wildman–Crippen LogP) is 4.36. The van der Waals surface area contributed by atoms with Gasteiger partial charge in [0.15, 0.2) is 0 Å². The van der Waals surface area contributed by atoms with Gasteiger partial charge in [-0.3, -0.25) is 0 Å².